The highest BCUT2D eigenvalue weighted by atomic mass is 35.5. The lowest BCUT2D eigenvalue weighted by atomic mass is 9.99. The SMILES string of the molecule is CCC(CSC(CCc1ccc(Cl)cc1C(=O)O)c1cccc(OCc2ccc3ccc(Cl)cc3n2)c1)C(=O)O. The van der Waals surface area contributed by atoms with Gasteiger partial charge in [0.2, 0.25) is 0 Å². The van der Waals surface area contributed by atoms with E-state index in [-0.39, 0.29) is 17.4 Å². The van der Waals surface area contributed by atoms with E-state index < -0.39 is 17.9 Å². The largest absolute Gasteiger partial charge is 0.487 e. The van der Waals surface area contributed by atoms with Crippen molar-refractivity contribution in [2.75, 3.05) is 5.75 Å². The molecule has 4 aromatic rings. The Kier molecular flexibility index (Phi) is 10.3. The highest BCUT2D eigenvalue weighted by Gasteiger charge is 2.21. The number of ether oxygens (including phenoxy) is 1. The highest BCUT2D eigenvalue weighted by Crippen LogP contribution is 2.37. The number of benzene rings is 3. The second-order valence-electron chi connectivity index (χ2n) is 9.41. The van der Waals surface area contributed by atoms with Crippen LogP contribution in [0.4, 0.5) is 0 Å². The minimum absolute atomic E-state index is 0.0739. The number of hydrogen-bond acceptors (Lipinski definition) is 5. The van der Waals surface area contributed by atoms with Crippen LogP contribution in [-0.2, 0) is 17.8 Å². The number of hydrogen-bond donors (Lipinski definition) is 2. The summed E-state index contributed by atoms with van der Waals surface area (Å²) in [4.78, 5) is 28.1. The molecule has 0 aliphatic carbocycles. The maximum atomic E-state index is 11.8. The van der Waals surface area contributed by atoms with Gasteiger partial charge in [0.25, 0.3) is 0 Å². The summed E-state index contributed by atoms with van der Waals surface area (Å²) in [5, 5.41) is 21.1. The highest BCUT2D eigenvalue weighted by molar-refractivity contribution is 7.99. The van der Waals surface area contributed by atoms with Crippen LogP contribution in [0.3, 0.4) is 0 Å². The molecule has 1 aromatic heterocycles. The fourth-order valence-corrected chi connectivity index (χ4v) is 6.17. The average molecular weight is 599 g/mol. The molecule has 208 valence electrons. The Bertz CT molecular complexity index is 1510. The van der Waals surface area contributed by atoms with Crippen molar-refractivity contribution in [1.29, 1.82) is 0 Å². The lowest BCUT2D eigenvalue weighted by Crippen LogP contribution is -2.16. The van der Waals surface area contributed by atoms with E-state index in [1.54, 1.807) is 23.9 Å². The summed E-state index contributed by atoms with van der Waals surface area (Å²) in [6, 6.07) is 22.1. The number of thioether (sulfide) groups is 1. The molecule has 2 N–H and O–H groups in total. The molecule has 6 nitrogen and oxygen atoms in total. The van der Waals surface area contributed by atoms with Crippen LogP contribution in [0.25, 0.3) is 10.9 Å². The van der Waals surface area contributed by atoms with Gasteiger partial charge in [0, 0.05) is 26.4 Å². The van der Waals surface area contributed by atoms with Gasteiger partial charge in [0.1, 0.15) is 12.4 Å². The number of nitrogens with zero attached hydrogens (tertiary/aromatic N) is 1. The van der Waals surface area contributed by atoms with E-state index in [2.05, 4.69) is 4.98 Å². The van der Waals surface area contributed by atoms with Crippen molar-refractivity contribution >= 4 is 57.8 Å². The normalized spacial score (nSPS) is 12.7. The smallest absolute Gasteiger partial charge is 0.336 e. The number of carbonyl (C=O) groups is 2. The first-order valence-electron chi connectivity index (χ1n) is 12.9. The van der Waals surface area contributed by atoms with Crippen molar-refractivity contribution in [3.05, 3.63) is 105 Å². The summed E-state index contributed by atoms with van der Waals surface area (Å²) < 4.78 is 6.08. The second kappa shape index (κ2) is 13.9. The fourth-order valence-electron chi connectivity index (χ4n) is 4.37. The molecule has 2 unspecified atom stereocenters. The molecule has 0 saturated heterocycles. The number of fused-ring (bicyclic) bond motifs is 1. The second-order valence-corrected chi connectivity index (χ2v) is 11.5. The summed E-state index contributed by atoms with van der Waals surface area (Å²) in [6.07, 6.45) is 1.64. The number of pyridine rings is 1. The van der Waals surface area contributed by atoms with Gasteiger partial charge in [-0.15, -0.1) is 0 Å². The lowest BCUT2D eigenvalue weighted by Gasteiger charge is -2.20. The van der Waals surface area contributed by atoms with Crippen molar-refractivity contribution in [2.24, 2.45) is 5.92 Å². The molecule has 0 aliphatic rings. The predicted octanol–water partition coefficient (Wildman–Crippen LogP) is 8.34. The minimum Gasteiger partial charge on any atom is -0.487 e. The van der Waals surface area contributed by atoms with Gasteiger partial charge in [-0.1, -0.05) is 60.5 Å². The Morgan fingerprint density at radius 2 is 1.73 bits per heavy atom. The Morgan fingerprint density at radius 3 is 2.48 bits per heavy atom. The quantitative estimate of drug-likeness (QED) is 0.160. The predicted molar refractivity (Wildman–Crippen MR) is 161 cm³/mol. The molecule has 3 aromatic carbocycles. The van der Waals surface area contributed by atoms with Gasteiger partial charge in [0.15, 0.2) is 0 Å². The summed E-state index contributed by atoms with van der Waals surface area (Å²) in [7, 11) is 0. The molecule has 1 heterocycles. The number of aliphatic carboxylic acids is 1. The van der Waals surface area contributed by atoms with Gasteiger partial charge in [-0.2, -0.15) is 11.8 Å². The van der Waals surface area contributed by atoms with Gasteiger partial charge in [-0.3, -0.25) is 4.79 Å². The van der Waals surface area contributed by atoms with Gasteiger partial charge < -0.3 is 14.9 Å². The number of carboxylic acid groups (broad SMARTS) is 2. The van der Waals surface area contributed by atoms with Crippen molar-refractivity contribution in [1.82, 2.24) is 4.98 Å². The summed E-state index contributed by atoms with van der Waals surface area (Å²) in [5.41, 5.74) is 3.40. The molecule has 0 fully saturated rings. The number of aryl methyl sites for hydroxylation is 1. The maximum Gasteiger partial charge on any atom is 0.336 e. The number of aromatic nitrogens is 1. The van der Waals surface area contributed by atoms with Crippen LogP contribution < -0.4 is 4.74 Å². The average Bonchev–Trinajstić information content (AvgIpc) is 2.94. The molecule has 40 heavy (non-hydrogen) atoms. The number of aromatic carboxylic acids is 1. The first-order chi connectivity index (χ1) is 19.2. The van der Waals surface area contributed by atoms with Crippen molar-refractivity contribution in [2.45, 2.75) is 38.0 Å². The monoisotopic (exact) mass is 597 g/mol. The summed E-state index contributed by atoms with van der Waals surface area (Å²) >= 11 is 13.7. The molecule has 0 saturated carbocycles. The van der Waals surface area contributed by atoms with Crippen LogP contribution in [0.15, 0.2) is 72.8 Å². The fraction of sp³-hybridized carbons (Fsp3) is 0.258. The number of carboxylic acids is 2. The van der Waals surface area contributed by atoms with Crippen molar-refractivity contribution in [3.63, 3.8) is 0 Å². The zero-order chi connectivity index (χ0) is 28.6. The first kappa shape index (κ1) is 29.7. The van der Waals surface area contributed by atoms with Crippen LogP contribution in [0.5, 0.6) is 5.75 Å². The van der Waals surface area contributed by atoms with E-state index in [1.165, 1.54) is 6.07 Å². The molecule has 0 spiro atoms. The molecule has 0 amide bonds. The number of rotatable bonds is 13. The van der Waals surface area contributed by atoms with Gasteiger partial charge in [-0.25, -0.2) is 9.78 Å². The van der Waals surface area contributed by atoms with Crippen LogP contribution >= 0.6 is 35.0 Å². The van der Waals surface area contributed by atoms with E-state index in [9.17, 15) is 19.8 Å². The molecule has 9 heteroatoms. The summed E-state index contributed by atoms with van der Waals surface area (Å²) in [6.45, 7) is 2.14. The van der Waals surface area contributed by atoms with Crippen molar-refractivity contribution in [3.8, 4) is 5.75 Å². The summed E-state index contributed by atoms with van der Waals surface area (Å²) in [5.74, 6) is -1.21. The Balaban J connectivity index is 1.52. The van der Waals surface area contributed by atoms with Gasteiger partial charge >= 0.3 is 11.9 Å². The number of halogens is 2. The van der Waals surface area contributed by atoms with Gasteiger partial charge in [-0.05, 0) is 72.9 Å². The van der Waals surface area contributed by atoms with Crippen LogP contribution in [-0.4, -0.2) is 32.9 Å². The minimum atomic E-state index is -1.03. The molecule has 0 radical (unpaired) electrons. The Hall–Kier alpha value is -3.26. The topological polar surface area (TPSA) is 96.7 Å². The third-order valence-corrected chi connectivity index (χ3v) is 8.62. The maximum absolute atomic E-state index is 11.8. The third-order valence-electron chi connectivity index (χ3n) is 6.65. The third kappa shape index (κ3) is 7.90. The van der Waals surface area contributed by atoms with Crippen molar-refractivity contribution < 1.29 is 24.5 Å². The first-order valence-corrected chi connectivity index (χ1v) is 14.7. The van der Waals surface area contributed by atoms with Crippen LogP contribution in [0, 0.1) is 5.92 Å². The lowest BCUT2D eigenvalue weighted by molar-refractivity contribution is -0.140. The molecule has 0 aliphatic heterocycles. The Morgan fingerprint density at radius 1 is 0.975 bits per heavy atom. The molecule has 2 atom stereocenters. The zero-order valence-electron chi connectivity index (χ0n) is 21.8. The molecule has 0 bridgehead atoms. The van der Waals surface area contributed by atoms with E-state index in [0.29, 0.717) is 46.4 Å². The van der Waals surface area contributed by atoms with E-state index in [1.807, 2.05) is 61.5 Å². The van der Waals surface area contributed by atoms with E-state index in [4.69, 9.17) is 27.9 Å². The van der Waals surface area contributed by atoms with Crippen LogP contribution in [0.1, 0.15) is 52.2 Å². The molecular formula is C31H29Cl2NO5S. The van der Waals surface area contributed by atoms with E-state index >= 15 is 0 Å². The van der Waals surface area contributed by atoms with Gasteiger partial charge in [0.05, 0.1) is 22.7 Å². The molecular weight excluding hydrogens is 569 g/mol. The van der Waals surface area contributed by atoms with Crippen LogP contribution in [0.2, 0.25) is 10.0 Å². The zero-order valence-corrected chi connectivity index (χ0v) is 24.2. The standard InChI is InChI=1S/C31H29Cl2NO5S/c1-2-19(30(35)36)18-40-29(13-9-20-6-10-23(32)15-27(20)31(37)38)22-4-3-5-26(14-22)39-17-25-12-8-21-7-11-24(33)16-28(21)34-25/h3-8,10-12,14-16,19,29H,2,9,13,17-18H2,1H3,(H,35,36)(H,37,38). The molecule has 4 rings (SSSR count). The van der Waals surface area contributed by atoms with E-state index in [0.717, 1.165) is 22.2 Å². The Labute approximate surface area is 247 Å².